The average molecular weight is 239 g/mol. The van der Waals surface area contributed by atoms with Crippen LogP contribution in [0.2, 0.25) is 0 Å². The van der Waals surface area contributed by atoms with Crippen LogP contribution in [-0.4, -0.2) is 26.9 Å². The molecule has 0 unspecified atom stereocenters. The van der Waals surface area contributed by atoms with E-state index in [1.807, 2.05) is 20.8 Å². The van der Waals surface area contributed by atoms with Crippen molar-refractivity contribution in [2.24, 2.45) is 0 Å². The Hall–Kier alpha value is -1.50. The maximum absolute atomic E-state index is 12.1. The molecule has 6 nitrogen and oxygen atoms in total. The quantitative estimate of drug-likeness (QED) is 0.800. The third kappa shape index (κ3) is 1.67. The Kier molecular flexibility index (Phi) is 2.42. The summed E-state index contributed by atoms with van der Waals surface area (Å²) in [4.78, 5) is 12.6. The SMILES string of the molecule is CNc1nn2c(=O)c(C(C)(C)C)nnc2s1. The van der Waals surface area contributed by atoms with Gasteiger partial charge in [0.25, 0.3) is 5.56 Å². The summed E-state index contributed by atoms with van der Waals surface area (Å²) < 4.78 is 1.30. The molecule has 2 heterocycles. The molecule has 0 aliphatic heterocycles. The molecule has 7 heteroatoms. The number of hydrogen-bond acceptors (Lipinski definition) is 6. The Balaban J connectivity index is 2.74. The molecule has 16 heavy (non-hydrogen) atoms. The van der Waals surface area contributed by atoms with Gasteiger partial charge in [0.1, 0.15) is 5.69 Å². The number of nitrogens with zero attached hydrogens (tertiary/aromatic N) is 4. The van der Waals surface area contributed by atoms with Crippen molar-refractivity contribution < 1.29 is 0 Å². The van der Waals surface area contributed by atoms with E-state index in [2.05, 4.69) is 20.6 Å². The van der Waals surface area contributed by atoms with Crippen LogP contribution in [0.3, 0.4) is 0 Å². The van der Waals surface area contributed by atoms with Crippen molar-refractivity contribution >= 4 is 21.4 Å². The summed E-state index contributed by atoms with van der Waals surface area (Å²) in [7, 11) is 1.75. The van der Waals surface area contributed by atoms with Crippen LogP contribution in [0.1, 0.15) is 26.5 Å². The summed E-state index contributed by atoms with van der Waals surface area (Å²) in [6, 6.07) is 0. The third-order valence-corrected chi connectivity index (χ3v) is 3.03. The lowest BCUT2D eigenvalue weighted by Gasteiger charge is -2.14. The first kappa shape index (κ1) is 11.0. The highest BCUT2D eigenvalue weighted by atomic mass is 32.1. The van der Waals surface area contributed by atoms with E-state index >= 15 is 0 Å². The lowest BCUT2D eigenvalue weighted by molar-refractivity contribution is 0.542. The van der Waals surface area contributed by atoms with Crippen molar-refractivity contribution in [1.29, 1.82) is 0 Å². The minimum atomic E-state index is -0.325. The molecule has 0 saturated carbocycles. The first-order valence-corrected chi connectivity index (χ1v) is 5.70. The van der Waals surface area contributed by atoms with Crippen LogP contribution in [0.15, 0.2) is 4.79 Å². The molecule has 0 aliphatic rings. The molecular formula is C9H13N5OS. The third-order valence-electron chi connectivity index (χ3n) is 2.11. The molecule has 0 radical (unpaired) electrons. The van der Waals surface area contributed by atoms with E-state index in [-0.39, 0.29) is 11.0 Å². The molecule has 2 rings (SSSR count). The van der Waals surface area contributed by atoms with Gasteiger partial charge < -0.3 is 5.32 Å². The summed E-state index contributed by atoms with van der Waals surface area (Å²) in [5, 5.41) is 15.6. The zero-order valence-corrected chi connectivity index (χ0v) is 10.4. The molecule has 0 bridgehead atoms. The Morgan fingerprint density at radius 1 is 1.31 bits per heavy atom. The Morgan fingerprint density at radius 2 is 2.00 bits per heavy atom. The molecule has 0 saturated heterocycles. The van der Waals surface area contributed by atoms with Gasteiger partial charge in [-0.25, -0.2) is 0 Å². The lowest BCUT2D eigenvalue weighted by atomic mass is 9.93. The number of hydrogen-bond donors (Lipinski definition) is 1. The first-order chi connectivity index (χ1) is 7.43. The molecule has 0 atom stereocenters. The van der Waals surface area contributed by atoms with Gasteiger partial charge in [-0.15, -0.1) is 15.3 Å². The van der Waals surface area contributed by atoms with Gasteiger partial charge in [-0.05, 0) is 0 Å². The van der Waals surface area contributed by atoms with Gasteiger partial charge in [0.15, 0.2) is 0 Å². The van der Waals surface area contributed by atoms with Gasteiger partial charge in [-0.1, -0.05) is 32.1 Å². The van der Waals surface area contributed by atoms with Crippen molar-refractivity contribution in [3.05, 3.63) is 16.0 Å². The smallest absolute Gasteiger partial charge is 0.297 e. The van der Waals surface area contributed by atoms with Crippen LogP contribution >= 0.6 is 11.3 Å². The molecule has 0 spiro atoms. The minimum Gasteiger partial charge on any atom is -0.363 e. The normalized spacial score (nSPS) is 12.0. The predicted octanol–water partition coefficient (Wildman–Crippen LogP) is 0.885. The summed E-state index contributed by atoms with van der Waals surface area (Å²) in [5.41, 5.74) is -0.0949. The Bertz CT molecular complexity index is 580. The fourth-order valence-corrected chi connectivity index (χ4v) is 1.98. The predicted molar refractivity (Wildman–Crippen MR) is 63.2 cm³/mol. The van der Waals surface area contributed by atoms with Crippen molar-refractivity contribution in [2.45, 2.75) is 26.2 Å². The number of anilines is 1. The highest BCUT2D eigenvalue weighted by Crippen LogP contribution is 2.18. The second kappa shape index (κ2) is 3.51. The van der Waals surface area contributed by atoms with Gasteiger partial charge in [-0.2, -0.15) is 4.52 Å². The van der Waals surface area contributed by atoms with Gasteiger partial charge in [-0.3, -0.25) is 4.79 Å². The monoisotopic (exact) mass is 239 g/mol. The van der Waals surface area contributed by atoms with Gasteiger partial charge in [0, 0.05) is 12.5 Å². The molecule has 0 fully saturated rings. The van der Waals surface area contributed by atoms with E-state index in [4.69, 9.17) is 0 Å². The van der Waals surface area contributed by atoms with Crippen molar-refractivity contribution in [3.8, 4) is 0 Å². The zero-order chi connectivity index (χ0) is 11.9. The Morgan fingerprint density at radius 3 is 2.56 bits per heavy atom. The van der Waals surface area contributed by atoms with Crippen LogP contribution in [0.25, 0.3) is 4.96 Å². The van der Waals surface area contributed by atoms with E-state index in [1.54, 1.807) is 7.05 Å². The Labute approximate surface area is 96.3 Å². The molecular weight excluding hydrogens is 226 g/mol. The maximum Gasteiger partial charge on any atom is 0.297 e. The standard InChI is InChI=1S/C9H13N5OS/c1-9(2,3)5-6(15)14-8(12-11-5)16-7(10-4)13-14/h1-4H3,(H,10,13). The molecule has 1 N–H and O–H groups in total. The average Bonchev–Trinajstić information content (AvgIpc) is 2.60. The van der Waals surface area contributed by atoms with Crippen LogP contribution < -0.4 is 10.9 Å². The van der Waals surface area contributed by atoms with E-state index in [1.165, 1.54) is 15.9 Å². The largest absolute Gasteiger partial charge is 0.363 e. The van der Waals surface area contributed by atoms with Crippen LogP contribution in [0.5, 0.6) is 0 Å². The van der Waals surface area contributed by atoms with Crippen LogP contribution in [0.4, 0.5) is 5.13 Å². The fraction of sp³-hybridized carbons (Fsp3) is 0.556. The highest BCUT2D eigenvalue weighted by molar-refractivity contribution is 7.20. The minimum absolute atomic E-state index is 0.199. The van der Waals surface area contributed by atoms with E-state index in [0.717, 1.165) is 0 Å². The second-order valence-corrected chi connectivity index (χ2v) is 5.41. The molecule has 0 aliphatic carbocycles. The molecule has 0 amide bonds. The molecule has 0 aromatic carbocycles. The summed E-state index contributed by atoms with van der Waals surface area (Å²) >= 11 is 1.30. The number of fused-ring (bicyclic) bond motifs is 1. The van der Waals surface area contributed by atoms with E-state index in [0.29, 0.717) is 15.8 Å². The number of aromatic nitrogens is 4. The number of rotatable bonds is 1. The number of nitrogens with one attached hydrogen (secondary N) is 1. The second-order valence-electron chi connectivity index (χ2n) is 4.46. The molecule has 86 valence electrons. The van der Waals surface area contributed by atoms with Crippen LogP contribution in [0, 0.1) is 0 Å². The van der Waals surface area contributed by atoms with E-state index in [9.17, 15) is 4.79 Å². The maximum atomic E-state index is 12.1. The van der Waals surface area contributed by atoms with Crippen molar-refractivity contribution in [2.75, 3.05) is 12.4 Å². The lowest BCUT2D eigenvalue weighted by Crippen LogP contribution is -2.30. The molecule has 2 aromatic heterocycles. The van der Waals surface area contributed by atoms with Crippen molar-refractivity contribution in [3.63, 3.8) is 0 Å². The van der Waals surface area contributed by atoms with Gasteiger partial charge >= 0.3 is 0 Å². The van der Waals surface area contributed by atoms with E-state index < -0.39 is 0 Å². The molecule has 2 aromatic rings. The summed E-state index contributed by atoms with van der Waals surface area (Å²) in [6.45, 7) is 5.78. The summed E-state index contributed by atoms with van der Waals surface area (Å²) in [5.74, 6) is 0. The fourth-order valence-electron chi connectivity index (χ4n) is 1.29. The highest BCUT2D eigenvalue weighted by Gasteiger charge is 2.22. The topological polar surface area (TPSA) is 72.2 Å². The van der Waals surface area contributed by atoms with Crippen molar-refractivity contribution in [1.82, 2.24) is 19.8 Å². The first-order valence-electron chi connectivity index (χ1n) is 4.88. The van der Waals surface area contributed by atoms with Gasteiger partial charge in [0.2, 0.25) is 10.1 Å². The summed E-state index contributed by atoms with van der Waals surface area (Å²) in [6.07, 6.45) is 0. The van der Waals surface area contributed by atoms with Gasteiger partial charge in [0.05, 0.1) is 0 Å². The zero-order valence-electron chi connectivity index (χ0n) is 9.61. The van der Waals surface area contributed by atoms with Crippen LogP contribution in [-0.2, 0) is 5.41 Å².